The lowest BCUT2D eigenvalue weighted by atomic mass is 10.0. The van der Waals surface area contributed by atoms with E-state index in [1.165, 1.54) is 33.5 Å². The van der Waals surface area contributed by atoms with Gasteiger partial charge in [0.05, 0.1) is 27.9 Å². The smallest absolute Gasteiger partial charge is 0.261 e. The Bertz CT molecular complexity index is 1020. The lowest BCUT2D eigenvalue weighted by molar-refractivity contribution is -0.137. The van der Waals surface area contributed by atoms with Crippen LogP contribution in [0.25, 0.3) is 0 Å². The number of hydrogen-bond donors (Lipinski definition) is 4. The summed E-state index contributed by atoms with van der Waals surface area (Å²) >= 11 is 0. The lowest BCUT2D eigenvalue weighted by Crippen LogP contribution is -2.29. The Morgan fingerprint density at radius 3 is 2.05 bits per heavy atom. The van der Waals surface area contributed by atoms with Crippen LogP contribution >= 0.6 is 0 Å². The number of methoxy groups -OCH3 is 3. The molecule has 1 aliphatic heterocycles. The maximum atomic E-state index is 11.1. The van der Waals surface area contributed by atoms with Crippen LogP contribution in [0.5, 0.6) is 28.7 Å². The fourth-order valence-corrected chi connectivity index (χ4v) is 3.61. The molecule has 1 fully saturated rings. The highest BCUT2D eigenvalue weighted by Gasteiger charge is 2.35. The molecule has 11 heteroatoms. The van der Waals surface area contributed by atoms with Crippen molar-refractivity contribution in [1.82, 2.24) is 0 Å². The van der Waals surface area contributed by atoms with E-state index in [0.717, 1.165) is 5.56 Å². The van der Waals surface area contributed by atoms with E-state index in [1.807, 2.05) is 0 Å². The van der Waals surface area contributed by atoms with Crippen LogP contribution in [0.1, 0.15) is 23.7 Å². The molecule has 4 atom stereocenters. The Hall–Kier alpha value is -3.22. The van der Waals surface area contributed by atoms with Crippen molar-refractivity contribution in [3.05, 3.63) is 53.8 Å². The Morgan fingerprint density at radius 2 is 1.54 bits per heavy atom. The molecule has 2 aromatic carbocycles. The van der Waals surface area contributed by atoms with Crippen LogP contribution in [0.4, 0.5) is 0 Å². The molecule has 1 heterocycles. The molecule has 4 N–H and O–H groups in total. The molecule has 0 saturated carbocycles. The van der Waals surface area contributed by atoms with Crippen molar-refractivity contribution < 1.29 is 53.6 Å². The molecule has 3 rings (SSSR count). The van der Waals surface area contributed by atoms with Crippen LogP contribution in [0.2, 0.25) is 0 Å². The summed E-state index contributed by atoms with van der Waals surface area (Å²) in [5.41, 5.74) is 1.25. The van der Waals surface area contributed by atoms with E-state index < -0.39 is 38.0 Å². The van der Waals surface area contributed by atoms with Gasteiger partial charge in [0.25, 0.3) is 6.29 Å². The van der Waals surface area contributed by atoms with Crippen molar-refractivity contribution in [2.45, 2.75) is 37.6 Å². The summed E-state index contributed by atoms with van der Waals surface area (Å²) in [7, 11) is 4.37. The molecule has 1 aliphatic rings. The van der Waals surface area contributed by atoms with Crippen molar-refractivity contribution in [1.29, 1.82) is 0 Å². The Balaban J connectivity index is 1.80. The summed E-state index contributed by atoms with van der Waals surface area (Å²) in [5.74, 6) is 1.89. The van der Waals surface area contributed by atoms with Crippen molar-refractivity contribution in [2.75, 3.05) is 41.2 Å². The number of aryl methyl sites for hydroxylation is 1. The predicted octanol–water partition coefficient (Wildman–Crippen LogP) is 1.69. The number of epoxide rings is 1. The van der Waals surface area contributed by atoms with Gasteiger partial charge in [-0.2, -0.15) is 0 Å². The maximum Gasteiger partial charge on any atom is 0.261 e. The topological polar surface area (TPSA) is 149 Å². The number of benzene rings is 2. The SMILES string of the molecule is C=C1OC1OC(CO)Oc1ccc(C(O)C(CO)Oc2c(OC)cc(CCCO)cc2OC)cc1OC. The second-order valence-corrected chi connectivity index (χ2v) is 8.13. The van der Waals surface area contributed by atoms with Gasteiger partial charge in [-0.25, -0.2) is 0 Å². The minimum Gasteiger partial charge on any atom is -0.493 e. The van der Waals surface area contributed by atoms with Crippen LogP contribution < -0.4 is 23.7 Å². The van der Waals surface area contributed by atoms with Crippen molar-refractivity contribution >= 4 is 0 Å². The fourth-order valence-electron chi connectivity index (χ4n) is 3.61. The highest BCUT2D eigenvalue weighted by molar-refractivity contribution is 5.54. The zero-order chi connectivity index (χ0) is 26.9. The lowest BCUT2D eigenvalue weighted by Gasteiger charge is -2.26. The summed E-state index contributed by atoms with van der Waals surface area (Å²) in [6, 6.07) is 8.15. The molecule has 0 radical (unpaired) electrons. The van der Waals surface area contributed by atoms with Gasteiger partial charge in [0.15, 0.2) is 34.9 Å². The van der Waals surface area contributed by atoms with E-state index in [9.17, 15) is 15.3 Å². The summed E-state index contributed by atoms with van der Waals surface area (Å²) in [6.07, 6.45) is -2.85. The molecular formula is C26H34O11. The summed E-state index contributed by atoms with van der Waals surface area (Å²) < 4.78 is 38.4. The Morgan fingerprint density at radius 1 is 0.892 bits per heavy atom. The molecule has 37 heavy (non-hydrogen) atoms. The molecule has 2 aromatic rings. The predicted molar refractivity (Wildman–Crippen MR) is 131 cm³/mol. The first-order valence-corrected chi connectivity index (χ1v) is 11.7. The Kier molecular flexibility index (Phi) is 10.2. The quantitative estimate of drug-likeness (QED) is 0.188. The van der Waals surface area contributed by atoms with Crippen molar-refractivity contribution in [3.8, 4) is 28.7 Å². The summed E-state index contributed by atoms with van der Waals surface area (Å²) in [5, 5.41) is 39.8. The fraction of sp³-hybridized carbons (Fsp3) is 0.462. The average molecular weight is 523 g/mol. The number of rotatable bonds is 16. The summed E-state index contributed by atoms with van der Waals surface area (Å²) in [4.78, 5) is 0. The van der Waals surface area contributed by atoms with Gasteiger partial charge in [0, 0.05) is 6.61 Å². The minimum absolute atomic E-state index is 0.0489. The van der Waals surface area contributed by atoms with Crippen LogP contribution in [-0.4, -0.2) is 80.3 Å². The third-order valence-corrected chi connectivity index (χ3v) is 5.62. The number of hydrogen-bond acceptors (Lipinski definition) is 11. The van der Waals surface area contributed by atoms with Gasteiger partial charge in [-0.05, 0) is 48.2 Å². The van der Waals surface area contributed by atoms with Crippen LogP contribution in [0, 0.1) is 0 Å². The number of aliphatic hydroxyl groups is 4. The highest BCUT2D eigenvalue weighted by atomic mass is 16.8. The standard InChI is InChI=1S/C26H34O11/c1-15-26(34-15)37-23(14-29)35-18-8-7-17(12-19(18)31-2)24(30)22(13-28)36-25-20(32-3)10-16(6-5-9-27)11-21(25)33-4/h7-8,10-12,22-24,26-30H,1,5-6,9,13-14H2,2-4H3. The molecular weight excluding hydrogens is 488 g/mol. The normalized spacial score (nSPS) is 16.8. The maximum absolute atomic E-state index is 11.1. The average Bonchev–Trinajstić information content (AvgIpc) is 3.63. The number of aliphatic hydroxyl groups excluding tert-OH is 4. The molecule has 0 bridgehead atoms. The first-order chi connectivity index (χ1) is 17.9. The number of ether oxygens (including phenoxy) is 7. The molecule has 0 aromatic heterocycles. The van der Waals surface area contributed by atoms with Crippen molar-refractivity contribution in [2.24, 2.45) is 0 Å². The molecule has 4 unspecified atom stereocenters. The largest absolute Gasteiger partial charge is 0.493 e. The van der Waals surface area contributed by atoms with Crippen LogP contribution in [-0.2, 0) is 15.9 Å². The molecule has 11 nitrogen and oxygen atoms in total. The van der Waals surface area contributed by atoms with Gasteiger partial charge < -0.3 is 48.8 Å². The zero-order valence-corrected chi connectivity index (χ0v) is 21.1. The minimum atomic E-state index is -1.27. The molecule has 0 amide bonds. The molecule has 204 valence electrons. The third-order valence-electron chi connectivity index (χ3n) is 5.62. The second kappa shape index (κ2) is 13.4. The molecule has 0 aliphatic carbocycles. The van der Waals surface area contributed by atoms with E-state index in [1.54, 1.807) is 18.2 Å². The molecule has 1 saturated heterocycles. The van der Waals surface area contributed by atoms with Gasteiger partial charge in [-0.15, -0.1) is 0 Å². The van der Waals surface area contributed by atoms with Gasteiger partial charge in [0.1, 0.15) is 12.7 Å². The van der Waals surface area contributed by atoms with E-state index in [0.29, 0.717) is 35.7 Å². The van der Waals surface area contributed by atoms with Gasteiger partial charge in [-0.1, -0.05) is 12.6 Å². The zero-order valence-electron chi connectivity index (χ0n) is 21.1. The first-order valence-electron chi connectivity index (χ1n) is 11.7. The third kappa shape index (κ3) is 7.18. The van der Waals surface area contributed by atoms with Crippen molar-refractivity contribution in [3.63, 3.8) is 0 Å². The second-order valence-electron chi connectivity index (χ2n) is 8.13. The van der Waals surface area contributed by atoms with E-state index in [-0.39, 0.29) is 23.9 Å². The Labute approximate surface area is 215 Å². The van der Waals surface area contributed by atoms with Crippen LogP contribution in [0.3, 0.4) is 0 Å². The van der Waals surface area contributed by atoms with E-state index in [4.69, 9.17) is 38.3 Å². The van der Waals surface area contributed by atoms with Crippen LogP contribution in [0.15, 0.2) is 42.7 Å². The molecule has 0 spiro atoms. The van der Waals surface area contributed by atoms with Gasteiger partial charge in [-0.3, -0.25) is 4.74 Å². The van der Waals surface area contributed by atoms with E-state index >= 15 is 0 Å². The van der Waals surface area contributed by atoms with Gasteiger partial charge in [0.2, 0.25) is 12.0 Å². The van der Waals surface area contributed by atoms with E-state index in [2.05, 4.69) is 6.58 Å². The summed E-state index contributed by atoms with van der Waals surface area (Å²) in [6.45, 7) is 2.69. The first kappa shape index (κ1) is 28.4. The monoisotopic (exact) mass is 522 g/mol. The highest BCUT2D eigenvalue weighted by Crippen LogP contribution is 2.41. The van der Waals surface area contributed by atoms with Gasteiger partial charge >= 0.3 is 0 Å².